The Kier molecular flexibility index (Phi) is 4.25. The average molecular weight is 285 g/mol. The van der Waals surface area contributed by atoms with Gasteiger partial charge in [-0.05, 0) is 18.2 Å². The lowest BCUT2D eigenvalue weighted by Crippen LogP contribution is -2.02. The molecule has 0 bridgehead atoms. The Bertz CT molecular complexity index is 696. The molecule has 106 valence electrons. The molecular weight excluding hydrogens is 274 g/mol. The molecule has 0 aromatic heterocycles. The van der Waals surface area contributed by atoms with Crippen molar-refractivity contribution < 1.29 is 14.8 Å². The van der Waals surface area contributed by atoms with Crippen LogP contribution in [0.3, 0.4) is 0 Å². The number of benzene rings is 2. The van der Waals surface area contributed by atoms with E-state index < -0.39 is 10.9 Å². The lowest BCUT2D eigenvalue weighted by molar-refractivity contribution is -0.384. The van der Waals surface area contributed by atoms with Crippen molar-refractivity contribution in [2.24, 2.45) is 5.10 Å². The summed E-state index contributed by atoms with van der Waals surface area (Å²) in [7, 11) is 0. The highest BCUT2D eigenvalue weighted by atomic mass is 16.6. The van der Waals surface area contributed by atoms with E-state index in [-0.39, 0.29) is 11.3 Å². The van der Waals surface area contributed by atoms with Gasteiger partial charge in [0.05, 0.1) is 22.4 Å². The molecule has 2 N–H and O–H groups in total. The minimum atomic E-state index is -1.03. The van der Waals surface area contributed by atoms with Crippen molar-refractivity contribution in [1.29, 1.82) is 0 Å². The lowest BCUT2D eigenvalue weighted by Gasteiger charge is -2.01. The van der Waals surface area contributed by atoms with E-state index in [2.05, 4.69) is 10.5 Å². The largest absolute Gasteiger partial charge is 0.478 e. The molecule has 0 aliphatic carbocycles. The van der Waals surface area contributed by atoms with E-state index >= 15 is 0 Å². The summed E-state index contributed by atoms with van der Waals surface area (Å²) in [5.74, 6) is -1.03. The smallest absolute Gasteiger partial charge is 0.336 e. The zero-order valence-corrected chi connectivity index (χ0v) is 10.8. The highest BCUT2D eigenvalue weighted by Gasteiger charge is 2.06. The molecule has 0 atom stereocenters. The van der Waals surface area contributed by atoms with E-state index in [0.717, 1.165) is 0 Å². The first-order chi connectivity index (χ1) is 10.1. The van der Waals surface area contributed by atoms with E-state index in [9.17, 15) is 14.9 Å². The highest BCUT2D eigenvalue weighted by molar-refractivity contribution is 5.98. The number of hydrogen-bond donors (Lipinski definition) is 2. The summed E-state index contributed by atoms with van der Waals surface area (Å²) in [5, 5.41) is 23.5. The van der Waals surface area contributed by atoms with Crippen LogP contribution in [-0.2, 0) is 0 Å². The predicted molar refractivity (Wildman–Crippen MR) is 77.7 cm³/mol. The quantitative estimate of drug-likeness (QED) is 0.499. The van der Waals surface area contributed by atoms with Gasteiger partial charge in [0.25, 0.3) is 5.69 Å². The molecule has 0 unspecified atom stereocenters. The lowest BCUT2D eigenvalue weighted by atomic mass is 10.1. The normalized spacial score (nSPS) is 10.5. The highest BCUT2D eigenvalue weighted by Crippen LogP contribution is 2.15. The summed E-state index contributed by atoms with van der Waals surface area (Å²) >= 11 is 0. The van der Waals surface area contributed by atoms with Crippen LogP contribution < -0.4 is 5.43 Å². The van der Waals surface area contributed by atoms with Gasteiger partial charge < -0.3 is 5.11 Å². The topological polar surface area (TPSA) is 105 Å². The summed E-state index contributed by atoms with van der Waals surface area (Å²) in [4.78, 5) is 21.0. The number of hydrogen-bond acceptors (Lipinski definition) is 5. The van der Waals surface area contributed by atoms with Gasteiger partial charge in [-0.15, -0.1) is 0 Å². The van der Waals surface area contributed by atoms with Gasteiger partial charge in [0.1, 0.15) is 0 Å². The van der Waals surface area contributed by atoms with Gasteiger partial charge in [-0.25, -0.2) is 4.79 Å². The summed E-state index contributed by atoms with van der Waals surface area (Å²) in [5.41, 5.74) is 3.83. The fourth-order valence-corrected chi connectivity index (χ4v) is 1.64. The third-order valence-corrected chi connectivity index (χ3v) is 2.67. The zero-order chi connectivity index (χ0) is 15.2. The van der Waals surface area contributed by atoms with Crippen LogP contribution in [0.2, 0.25) is 0 Å². The van der Waals surface area contributed by atoms with Crippen molar-refractivity contribution in [3.05, 3.63) is 69.8 Å². The zero-order valence-electron chi connectivity index (χ0n) is 10.8. The molecule has 0 amide bonds. The number of nitrogens with zero attached hydrogens (tertiary/aromatic N) is 2. The van der Waals surface area contributed by atoms with Crippen molar-refractivity contribution in [1.82, 2.24) is 0 Å². The monoisotopic (exact) mass is 285 g/mol. The SMILES string of the molecule is O=C(O)c1ccccc1/C=N\Nc1ccc([N+](=O)[O-])cc1. The minimum Gasteiger partial charge on any atom is -0.478 e. The second-order valence-corrected chi connectivity index (χ2v) is 4.07. The molecule has 0 heterocycles. The fourth-order valence-electron chi connectivity index (χ4n) is 1.64. The van der Waals surface area contributed by atoms with Crippen LogP contribution >= 0.6 is 0 Å². The Morgan fingerprint density at radius 3 is 2.48 bits per heavy atom. The van der Waals surface area contributed by atoms with Crippen molar-refractivity contribution in [3.63, 3.8) is 0 Å². The maximum absolute atomic E-state index is 11.0. The van der Waals surface area contributed by atoms with Gasteiger partial charge in [-0.2, -0.15) is 5.10 Å². The standard InChI is InChI=1S/C14H11N3O4/c18-14(19)13-4-2-1-3-10(13)9-15-16-11-5-7-12(8-6-11)17(20)21/h1-9,16H,(H,18,19)/b15-9-. The maximum atomic E-state index is 11.0. The molecule has 7 heteroatoms. The number of carbonyl (C=O) groups is 1. The number of aromatic carboxylic acids is 1. The van der Waals surface area contributed by atoms with E-state index in [1.807, 2.05) is 0 Å². The van der Waals surface area contributed by atoms with Crippen LogP contribution in [0.4, 0.5) is 11.4 Å². The molecule has 0 saturated heterocycles. The number of carboxylic acids is 1. The summed E-state index contributed by atoms with van der Waals surface area (Å²) in [6.07, 6.45) is 1.38. The summed E-state index contributed by atoms with van der Waals surface area (Å²) in [6.45, 7) is 0. The third-order valence-electron chi connectivity index (χ3n) is 2.67. The Labute approximate surface area is 119 Å². The number of anilines is 1. The number of rotatable bonds is 5. The van der Waals surface area contributed by atoms with Crippen molar-refractivity contribution >= 4 is 23.6 Å². The molecule has 0 radical (unpaired) electrons. The van der Waals surface area contributed by atoms with Crippen LogP contribution in [0.5, 0.6) is 0 Å². The molecule has 2 aromatic rings. The van der Waals surface area contributed by atoms with E-state index in [1.54, 1.807) is 18.2 Å². The summed E-state index contributed by atoms with van der Waals surface area (Å²) < 4.78 is 0. The van der Waals surface area contributed by atoms with E-state index in [0.29, 0.717) is 11.3 Å². The first-order valence-electron chi connectivity index (χ1n) is 5.94. The molecular formula is C14H11N3O4. The van der Waals surface area contributed by atoms with Crippen LogP contribution in [0.25, 0.3) is 0 Å². The molecule has 0 aliphatic heterocycles. The minimum absolute atomic E-state index is 0.0132. The molecule has 0 saturated carbocycles. The van der Waals surface area contributed by atoms with Crippen molar-refractivity contribution in [3.8, 4) is 0 Å². The maximum Gasteiger partial charge on any atom is 0.336 e. The predicted octanol–water partition coefficient (Wildman–Crippen LogP) is 2.74. The Hall–Kier alpha value is -3.22. The second-order valence-electron chi connectivity index (χ2n) is 4.07. The van der Waals surface area contributed by atoms with Gasteiger partial charge in [0, 0.05) is 17.7 Å². The summed E-state index contributed by atoms with van der Waals surface area (Å²) in [6, 6.07) is 12.2. The number of nitrogens with one attached hydrogen (secondary N) is 1. The Morgan fingerprint density at radius 2 is 1.86 bits per heavy atom. The van der Waals surface area contributed by atoms with Crippen LogP contribution in [0, 0.1) is 10.1 Å². The number of nitro groups is 1. The number of carboxylic acid groups (broad SMARTS) is 1. The molecule has 21 heavy (non-hydrogen) atoms. The number of hydrazone groups is 1. The van der Waals surface area contributed by atoms with Crippen LogP contribution in [0.15, 0.2) is 53.6 Å². The van der Waals surface area contributed by atoms with Crippen molar-refractivity contribution in [2.75, 3.05) is 5.43 Å². The van der Waals surface area contributed by atoms with Crippen molar-refractivity contribution in [2.45, 2.75) is 0 Å². The Morgan fingerprint density at radius 1 is 1.19 bits per heavy atom. The number of nitro benzene ring substituents is 1. The molecule has 0 fully saturated rings. The van der Waals surface area contributed by atoms with E-state index in [1.165, 1.54) is 36.5 Å². The second kappa shape index (κ2) is 6.29. The Balaban J connectivity index is 2.09. The molecule has 0 aliphatic rings. The molecule has 2 rings (SSSR count). The van der Waals surface area contributed by atoms with Gasteiger partial charge in [-0.1, -0.05) is 18.2 Å². The van der Waals surface area contributed by atoms with Crippen LogP contribution in [-0.4, -0.2) is 22.2 Å². The fraction of sp³-hybridized carbons (Fsp3) is 0. The van der Waals surface area contributed by atoms with Gasteiger partial charge in [0.2, 0.25) is 0 Å². The molecule has 7 nitrogen and oxygen atoms in total. The average Bonchev–Trinajstić information content (AvgIpc) is 2.48. The first-order valence-corrected chi connectivity index (χ1v) is 5.94. The van der Waals surface area contributed by atoms with Crippen LogP contribution in [0.1, 0.15) is 15.9 Å². The van der Waals surface area contributed by atoms with Gasteiger partial charge in [-0.3, -0.25) is 15.5 Å². The molecule has 0 spiro atoms. The molecule has 2 aromatic carbocycles. The van der Waals surface area contributed by atoms with E-state index in [4.69, 9.17) is 5.11 Å². The van der Waals surface area contributed by atoms with Gasteiger partial charge >= 0.3 is 5.97 Å². The number of non-ortho nitro benzene ring substituents is 1. The third kappa shape index (κ3) is 3.63. The van der Waals surface area contributed by atoms with Gasteiger partial charge in [0.15, 0.2) is 0 Å². The first kappa shape index (κ1) is 14.2.